The molecule has 0 unspecified atom stereocenters. The quantitative estimate of drug-likeness (QED) is 0.933. The van der Waals surface area contributed by atoms with Crippen molar-refractivity contribution < 1.29 is 0 Å². The lowest BCUT2D eigenvalue weighted by atomic mass is 10.2. The third-order valence-electron chi connectivity index (χ3n) is 2.24. The summed E-state index contributed by atoms with van der Waals surface area (Å²) in [5.74, 6) is 0. The summed E-state index contributed by atoms with van der Waals surface area (Å²) in [6.07, 6.45) is 7.36. The van der Waals surface area contributed by atoms with Gasteiger partial charge in [-0.05, 0) is 28.5 Å². The molecule has 0 fully saturated rings. The minimum absolute atomic E-state index is 0.803. The molecule has 0 atom stereocenters. The highest BCUT2D eigenvalue weighted by atomic mass is 79.9. The van der Waals surface area contributed by atoms with Crippen molar-refractivity contribution in [2.24, 2.45) is 0 Å². The molecule has 0 radical (unpaired) electrons. The fourth-order valence-electron chi connectivity index (χ4n) is 1.47. The third kappa shape index (κ3) is 2.48. The second-order valence-electron chi connectivity index (χ2n) is 3.39. The highest BCUT2D eigenvalue weighted by molar-refractivity contribution is 9.10. The molecule has 4 nitrogen and oxygen atoms in total. The average Bonchev–Trinajstić information content (AvgIpc) is 2.73. The van der Waals surface area contributed by atoms with E-state index in [1.807, 2.05) is 23.1 Å². The zero-order valence-electron chi connectivity index (χ0n) is 9.02. The minimum Gasteiger partial charge on any atom is -0.313 e. The van der Waals surface area contributed by atoms with E-state index >= 15 is 0 Å². The van der Waals surface area contributed by atoms with Gasteiger partial charge in [0.1, 0.15) is 0 Å². The van der Waals surface area contributed by atoms with Crippen molar-refractivity contribution in [2.45, 2.75) is 13.5 Å². The SMILES string of the molecule is CCNCc1cnccc1-n1cc(Br)cn1. The van der Waals surface area contributed by atoms with Crippen molar-refractivity contribution in [2.75, 3.05) is 6.54 Å². The number of halogens is 1. The molecule has 2 rings (SSSR count). The Hall–Kier alpha value is -1.20. The first-order valence-electron chi connectivity index (χ1n) is 5.15. The van der Waals surface area contributed by atoms with Gasteiger partial charge in [0, 0.05) is 30.7 Å². The van der Waals surface area contributed by atoms with Gasteiger partial charge in [-0.3, -0.25) is 4.98 Å². The maximum absolute atomic E-state index is 4.27. The van der Waals surface area contributed by atoms with Crippen LogP contribution in [0.3, 0.4) is 0 Å². The molecule has 0 aliphatic carbocycles. The molecule has 2 aromatic heterocycles. The monoisotopic (exact) mass is 280 g/mol. The molecule has 0 bridgehead atoms. The first-order valence-corrected chi connectivity index (χ1v) is 5.94. The Morgan fingerprint density at radius 3 is 3.00 bits per heavy atom. The Labute approximate surface area is 103 Å². The van der Waals surface area contributed by atoms with Gasteiger partial charge in [0.15, 0.2) is 0 Å². The van der Waals surface area contributed by atoms with E-state index in [1.165, 1.54) is 0 Å². The van der Waals surface area contributed by atoms with Gasteiger partial charge in [-0.25, -0.2) is 4.68 Å². The molecule has 1 N–H and O–H groups in total. The summed E-state index contributed by atoms with van der Waals surface area (Å²) >= 11 is 3.39. The maximum atomic E-state index is 4.27. The van der Waals surface area contributed by atoms with E-state index in [4.69, 9.17) is 0 Å². The Morgan fingerprint density at radius 1 is 1.44 bits per heavy atom. The molecule has 0 spiro atoms. The Kier molecular flexibility index (Phi) is 3.69. The number of nitrogens with one attached hydrogen (secondary N) is 1. The average molecular weight is 281 g/mol. The van der Waals surface area contributed by atoms with Crippen molar-refractivity contribution >= 4 is 15.9 Å². The third-order valence-corrected chi connectivity index (χ3v) is 2.65. The molecule has 16 heavy (non-hydrogen) atoms. The fraction of sp³-hybridized carbons (Fsp3) is 0.273. The first kappa shape index (κ1) is 11.3. The fourth-order valence-corrected chi connectivity index (χ4v) is 1.76. The molecular formula is C11H13BrN4. The molecule has 5 heteroatoms. The van der Waals surface area contributed by atoms with E-state index in [-0.39, 0.29) is 0 Å². The van der Waals surface area contributed by atoms with Crippen LogP contribution in [-0.2, 0) is 6.54 Å². The zero-order valence-corrected chi connectivity index (χ0v) is 10.6. The van der Waals surface area contributed by atoms with E-state index in [9.17, 15) is 0 Å². The van der Waals surface area contributed by atoms with Gasteiger partial charge in [-0.2, -0.15) is 5.10 Å². The van der Waals surface area contributed by atoms with E-state index in [2.05, 4.69) is 38.3 Å². The lowest BCUT2D eigenvalue weighted by Gasteiger charge is -2.08. The lowest BCUT2D eigenvalue weighted by Crippen LogP contribution is -2.14. The van der Waals surface area contributed by atoms with Crippen LogP contribution < -0.4 is 5.32 Å². The molecule has 0 amide bonds. The van der Waals surface area contributed by atoms with Gasteiger partial charge >= 0.3 is 0 Å². The van der Waals surface area contributed by atoms with Crippen LogP contribution in [0, 0.1) is 0 Å². The number of hydrogen-bond donors (Lipinski definition) is 1. The van der Waals surface area contributed by atoms with Gasteiger partial charge in [0.05, 0.1) is 16.4 Å². The summed E-state index contributed by atoms with van der Waals surface area (Å²) < 4.78 is 2.82. The van der Waals surface area contributed by atoms with Crippen LogP contribution in [-0.4, -0.2) is 21.3 Å². The topological polar surface area (TPSA) is 42.7 Å². The molecule has 2 heterocycles. The van der Waals surface area contributed by atoms with Crippen molar-refractivity contribution in [3.05, 3.63) is 40.9 Å². The summed E-state index contributed by atoms with van der Waals surface area (Å²) in [6, 6.07) is 1.96. The van der Waals surface area contributed by atoms with E-state index in [0.717, 1.165) is 28.8 Å². The number of pyridine rings is 1. The van der Waals surface area contributed by atoms with Gasteiger partial charge in [-0.15, -0.1) is 0 Å². The maximum Gasteiger partial charge on any atom is 0.0721 e. The molecule has 0 aliphatic heterocycles. The highest BCUT2D eigenvalue weighted by Gasteiger charge is 2.05. The van der Waals surface area contributed by atoms with E-state index in [0.29, 0.717) is 0 Å². The predicted molar refractivity (Wildman–Crippen MR) is 66.4 cm³/mol. The Morgan fingerprint density at radius 2 is 2.31 bits per heavy atom. The predicted octanol–water partition coefficient (Wildman–Crippen LogP) is 2.14. The highest BCUT2D eigenvalue weighted by Crippen LogP contribution is 2.15. The summed E-state index contributed by atoms with van der Waals surface area (Å²) in [4.78, 5) is 4.14. The zero-order chi connectivity index (χ0) is 11.4. The number of hydrogen-bond acceptors (Lipinski definition) is 3. The van der Waals surface area contributed by atoms with Crippen LogP contribution in [0.4, 0.5) is 0 Å². The van der Waals surface area contributed by atoms with Crippen molar-refractivity contribution in [1.82, 2.24) is 20.1 Å². The largest absolute Gasteiger partial charge is 0.313 e. The van der Waals surface area contributed by atoms with Gasteiger partial charge in [0.2, 0.25) is 0 Å². The summed E-state index contributed by atoms with van der Waals surface area (Å²) in [6.45, 7) is 3.83. The lowest BCUT2D eigenvalue weighted by molar-refractivity contribution is 0.714. The molecule has 0 saturated heterocycles. The second kappa shape index (κ2) is 5.23. The van der Waals surface area contributed by atoms with E-state index in [1.54, 1.807) is 12.4 Å². The Balaban J connectivity index is 2.32. The van der Waals surface area contributed by atoms with E-state index < -0.39 is 0 Å². The molecule has 2 aromatic rings. The van der Waals surface area contributed by atoms with Crippen LogP contribution >= 0.6 is 15.9 Å². The summed E-state index contributed by atoms with van der Waals surface area (Å²) in [5, 5.41) is 7.56. The smallest absolute Gasteiger partial charge is 0.0721 e. The first-order chi connectivity index (χ1) is 7.81. The number of rotatable bonds is 4. The normalized spacial score (nSPS) is 10.6. The second-order valence-corrected chi connectivity index (χ2v) is 4.30. The summed E-state index contributed by atoms with van der Waals surface area (Å²) in [7, 11) is 0. The molecule has 0 saturated carbocycles. The van der Waals surface area contributed by atoms with Gasteiger partial charge in [-0.1, -0.05) is 6.92 Å². The van der Waals surface area contributed by atoms with Crippen LogP contribution in [0.5, 0.6) is 0 Å². The van der Waals surface area contributed by atoms with Gasteiger partial charge in [0.25, 0.3) is 0 Å². The van der Waals surface area contributed by atoms with Crippen LogP contribution in [0.2, 0.25) is 0 Å². The molecule has 0 aromatic carbocycles. The number of nitrogens with zero attached hydrogens (tertiary/aromatic N) is 3. The minimum atomic E-state index is 0.803. The van der Waals surface area contributed by atoms with Crippen molar-refractivity contribution in [1.29, 1.82) is 0 Å². The Bertz CT molecular complexity index is 467. The molecular weight excluding hydrogens is 268 g/mol. The molecule has 0 aliphatic rings. The summed E-state index contributed by atoms with van der Waals surface area (Å²) in [5.41, 5.74) is 2.20. The van der Waals surface area contributed by atoms with Crippen molar-refractivity contribution in [3.8, 4) is 5.69 Å². The molecule has 84 valence electrons. The van der Waals surface area contributed by atoms with Crippen LogP contribution in [0.15, 0.2) is 35.3 Å². The van der Waals surface area contributed by atoms with Crippen molar-refractivity contribution in [3.63, 3.8) is 0 Å². The number of aromatic nitrogens is 3. The van der Waals surface area contributed by atoms with Gasteiger partial charge < -0.3 is 5.32 Å². The standard InChI is InChI=1S/C11H13BrN4/c1-2-13-5-9-6-14-4-3-11(9)16-8-10(12)7-15-16/h3-4,6-8,13H,2,5H2,1H3. The van der Waals surface area contributed by atoms with Crippen LogP contribution in [0.25, 0.3) is 5.69 Å². The van der Waals surface area contributed by atoms with Crippen LogP contribution in [0.1, 0.15) is 12.5 Å².